The summed E-state index contributed by atoms with van der Waals surface area (Å²) in [4.78, 5) is 20.8. The highest BCUT2D eigenvalue weighted by Gasteiger charge is 2.26. The van der Waals surface area contributed by atoms with Crippen molar-refractivity contribution in [2.45, 2.75) is 32.1 Å². The molecule has 1 atom stereocenters. The summed E-state index contributed by atoms with van der Waals surface area (Å²) in [6.45, 7) is 3.55. The summed E-state index contributed by atoms with van der Waals surface area (Å²) >= 11 is 0. The van der Waals surface area contributed by atoms with Crippen LogP contribution in [-0.2, 0) is 4.79 Å². The van der Waals surface area contributed by atoms with Crippen molar-refractivity contribution in [1.82, 2.24) is 19.5 Å². The highest BCUT2D eigenvalue weighted by Crippen LogP contribution is 2.28. The van der Waals surface area contributed by atoms with Crippen LogP contribution < -0.4 is 4.90 Å². The Morgan fingerprint density at radius 1 is 1.45 bits per heavy atom. The molecule has 0 aromatic carbocycles. The number of anilines is 1. The summed E-state index contributed by atoms with van der Waals surface area (Å²) in [5.74, 6) is 1.45. The molecular weight excluding hydrogens is 278 g/mol. The van der Waals surface area contributed by atoms with Gasteiger partial charge in [-0.2, -0.15) is 5.10 Å². The lowest BCUT2D eigenvalue weighted by Gasteiger charge is -2.32. The molecule has 3 rings (SSSR count). The van der Waals surface area contributed by atoms with Gasteiger partial charge in [-0.05, 0) is 18.9 Å². The molecule has 6 heteroatoms. The normalized spacial score (nSPS) is 18.7. The third-order valence-electron chi connectivity index (χ3n) is 4.31. The van der Waals surface area contributed by atoms with Gasteiger partial charge in [-0.25, -0.2) is 9.50 Å². The van der Waals surface area contributed by atoms with Gasteiger partial charge in [0.15, 0.2) is 5.82 Å². The molecule has 2 aromatic rings. The van der Waals surface area contributed by atoms with Gasteiger partial charge in [0.2, 0.25) is 5.91 Å². The van der Waals surface area contributed by atoms with Gasteiger partial charge in [0.05, 0.1) is 18.1 Å². The first-order chi connectivity index (χ1) is 10.6. The molecule has 1 fully saturated rings. The van der Waals surface area contributed by atoms with Crippen LogP contribution in [0.15, 0.2) is 18.5 Å². The van der Waals surface area contributed by atoms with Crippen molar-refractivity contribution in [2.24, 2.45) is 0 Å². The molecule has 1 aliphatic heterocycles. The Morgan fingerprint density at radius 2 is 2.27 bits per heavy atom. The fourth-order valence-corrected chi connectivity index (χ4v) is 3.12. The minimum atomic E-state index is 0.234. The molecule has 0 radical (unpaired) electrons. The van der Waals surface area contributed by atoms with Crippen LogP contribution >= 0.6 is 0 Å². The summed E-state index contributed by atoms with van der Waals surface area (Å²) in [6.07, 6.45) is 6.47. The maximum absolute atomic E-state index is 12.0. The Bertz CT molecular complexity index is 678. The zero-order valence-corrected chi connectivity index (χ0v) is 13.5. The van der Waals surface area contributed by atoms with Crippen molar-refractivity contribution in [3.8, 4) is 0 Å². The minimum absolute atomic E-state index is 0.234. The topological polar surface area (TPSA) is 53.7 Å². The van der Waals surface area contributed by atoms with Crippen molar-refractivity contribution >= 4 is 17.2 Å². The van der Waals surface area contributed by atoms with E-state index in [2.05, 4.69) is 5.10 Å². The number of amides is 1. The van der Waals surface area contributed by atoms with Crippen LogP contribution in [0.25, 0.3) is 5.52 Å². The zero-order chi connectivity index (χ0) is 15.7. The highest BCUT2D eigenvalue weighted by atomic mass is 16.2. The molecular formula is C16H23N5O. The largest absolute Gasteiger partial charge is 0.361 e. The Morgan fingerprint density at radius 3 is 3.00 bits per heavy atom. The van der Waals surface area contributed by atoms with Gasteiger partial charge < -0.3 is 9.80 Å². The van der Waals surface area contributed by atoms with Gasteiger partial charge >= 0.3 is 0 Å². The predicted molar refractivity (Wildman–Crippen MR) is 86.2 cm³/mol. The maximum atomic E-state index is 12.0. The number of hydrogen-bond donors (Lipinski definition) is 0. The predicted octanol–water partition coefficient (Wildman–Crippen LogP) is 1.91. The molecule has 0 aliphatic carbocycles. The summed E-state index contributed by atoms with van der Waals surface area (Å²) in [5.41, 5.74) is 2.03. The molecule has 0 spiro atoms. The van der Waals surface area contributed by atoms with Gasteiger partial charge in [-0.1, -0.05) is 6.92 Å². The Hall–Kier alpha value is -2.11. The Labute approximate surface area is 130 Å². The molecule has 0 N–H and O–H groups in total. The van der Waals surface area contributed by atoms with Gasteiger partial charge in [-0.15, -0.1) is 0 Å². The molecule has 1 saturated heterocycles. The van der Waals surface area contributed by atoms with E-state index in [1.165, 1.54) is 0 Å². The van der Waals surface area contributed by atoms with Gasteiger partial charge in [0.25, 0.3) is 0 Å². The SMILES string of the molecule is CCC(=O)N1CCC[C@@H](c2cn3nccc3c(N(C)C)n2)C1. The van der Waals surface area contributed by atoms with Crippen LogP contribution in [0.3, 0.4) is 0 Å². The first-order valence-corrected chi connectivity index (χ1v) is 7.89. The lowest BCUT2D eigenvalue weighted by Crippen LogP contribution is -2.39. The number of likely N-dealkylation sites (tertiary alicyclic amines) is 1. The van der Waals surface area contributed by atoms with E-state index in [0.717, 1.165) is 43.0 Å². The molecule has 22 heavy (non-hydrogen) atoms. The summed E-state index contributed by atoms with van der Waals surface area (Å²) in [7, 11) is 3.99. The van der Waals surface area contributed by atoms with E-state index in [1.54, 1.807) is 6.20 Å². The van der Waals surface area contributed by atoms with E-state index >= 15 is 0 Å². The van der Waals surface area contributed by atoms with Crippen molar-refractivity contribution in [3.63, 3.8) is 0 Å². The lowest BCUT2D eigenvalue weighted by atomic mass is 9.94. The number of carbonyl (C=O) groups is 1. The van der Waals surface area contributed by atoms with Crippen LogP contribution in [0.1, 0.15) is 37.8 Å². The number of rotatable bonds is 3. The quantitative estimate of drug-likeness (QED) is 0.869. The van der Waals surface area contributed by atoms with E-state index in [4.69, 9.17) is 4.98 Å². The smallest absolute Gasteiger partial charge is 0.222 e. The van der Waals surface area contributed by atoms with Crippen LogP contribution in [0.5, 0.6) is 0 Å². The lowest BCUT2D eigenvalue weighted by molar-refractivity contribution is -0.132. The van der Waals surface area contributed by atoms with Crippen LogP contribution in [0.4, 0.5) is 5.82 Å². The number of hydrogen-bond acceptors (Lipinski definition) is 4. The van der Waals surface area contributed by atoms with Crippen LogP contribution in [0.2, 0.25) is 0 Å². The van der Waals surface area contributed by atoms with Gasteiger partial charge in [-0.3, -0.25) is 4.79 Å². The molecule has 0 unspecified atom stereocenters. The number of fused-ring (bicyclic) bond motifs is 1. The molecule has 1 amide bonds. The van der Waals surface area contributed by atoms with Gasteiger partial charge in [0.1, 0.15) is 5.52 Å². The summed E-state index contributed by atoms with van der Waals surface area (Å²) in [5, 5.41) is 4.36. The maximum Gasteiger partial charge on any atom is 0.222 e. The molecule has 2 aromatic heterocycles. The number of piperidine rings is 1. The first-order valence-electron chi connectivity index (χ1n) is 7.89. The zero-order valence-electron chi connectivity index (χ0n) is 13.5. The molecule has 1 aliphatic rings. The average molecular weight is 301 g/mol. The van der Waals surface area contributed by atoms with Crippen LogP contribution in [-0.4, -0.2) is 52.6 Å². The third kappa shape index (κ3) is 2.65. The fourth-order valence-electron chi connectivity index (χ4n) is 3.12. The van der Waals surface area contributed by atoms with Crippen molar-refractivity contribution < 1.29 is 4.79 Å². The second kappa shape index (κ2) is 5.94. The molecule has 6 nitrogen and oxygen atoms in total. The summed E-state index contributed by atoms with van der Waals surface area (Å²) in [6, 6.07) is 1.97. The van der Waals surface area contributed by atoms with E-state index in [1.807, 2.05) is 47.6 Å². The van der Waals surface area contributed by atoms with Gasteiger partial charge in [0, 0.05) is 39.5 Å². The minimum Gasteiger partial charge on any atom is -0.361 e. The molecule has 0 bridgehead atoms. The Balaban J connectivity index is 1.94. The van der Waals surface area contributed by atoms with E-state index < -0.39 is 0 Å². The van der Waals surface area contributed by atoms with Crippen molar-refractivity contribution in [1.29, 1.82) is 0 Å². The second-order valence-electron chi connectivity index (χ2n) is 6.08. The van der Waals surface area contributed by atoms with Crippen molar-refractivity contribution in [2.75, 3.05) is 32.1 Å². The molecule has 3 heterocycles. The molecule has 0 saturated carbocycles. The van der Waals surface area contributed by atoms with Crippen molar-refractivity contribution in [3.05, 3.63) is 24.2 Å². The van der Waals surface area contributed by atoms with E-state index in [0.29, 0.717) is 6.42 Å². The number of nitrogens with zero attached hydrogens (tertiary/aromatic N) is 5. The monoisotopic (exact) mass is 301 g/mol. The number of aromatic nitrogens is 3. The fraction of sp³-hybridized carbons (Fsp3) is 0.562. The number of carbonyl (C=O) groups excluding carboxylic acids is 1. The van der Waals surface area contributed by atoms with E-state index in [-0.39, 0.29) is 11.8 Å². The van der Waals surface area contributed by atoms with Crippen LogP contribution in [0, 0.1) is 0 Å². The average Bonchev–Trinajstić information content (AvgIpc) is 3.01. The summed E-state index contributed by atoms with van der Waals surface area (Å²) < 4.78 is 1.89. The third-order valence-corrected chi connectivity index (χ3v) is 4.31. The first kappa shape index (κ1) is 14.8. The standard InChI is InChI=1S/C16H23N5O/c1-4-15(22)20-9-5-6-12(10-20)13-11-21-14(7-8-17-21)16(18-13)19(2)3/h7-8,11-12H,4-6,9-10H2,1-3H3/t12-/m1/s1. The second-order valence-corrected chi connectivity index (χ2v) is 6.08. The Kier molecular flexibility index (Phi) is 4.00. The highest BCUT2D eigenvalue weighted by molar-refractivity contribution is 5.76. The molecule has 118 valence electrons. The van der Waals surface area contributed by atoms with E-state index in [9.17, 15) is 4.79 Å².